The maximum Gasteiger partial charge on any atom is 0.416 e. The van der Waals surface area contributed by atoms with Crippen LogP contribution in [-0.2, 0) is 22.6 Å². The molecule has 0 amide bonds. The fraction of sp³-hybridized carbons (Fsp3) is 0.269. The van der Waals surface area contributed by atoms with Gasteiger partial charge >= 0.3 is 6.18 Å². The topological polar surface area (TPSA) is 64.4 Å². The van der Waals surface area contributed by atoms with Crippen molar-refractivity contribution in [1.29, 1.82) is 0 Å². The number of rotatable bonds is 6. The van der Waals surface area contributed by atoms with Gasteiger partial charge in [-0.15, -0.1) is 0 Å². The molecule has 188 valence electrons. The molecular formula is C26H24F3N3O3S. The number of fused-ring (bicyclic) bond motifs is 1. The Morgan fingerprint density at radius 2 is 1.83 bits per heavy atom. The lowest BCUT2D eigenvalue weighted by molar-refractivity contribution is -0.137. The summed E-state index contributed by atoms with van der Waals surface area (Å²) in [5, 5.41) is 0.805. The van der Waals surface area contributed by atoms with Gasteiger partial charge in [0.05, 0.1) is 22.2 Å². The Labute approximate surface area is 206 Å². The summed E-state index contributed by atoms with van der Waals surface area (Å²) < 4.78 is 69.9. The van der Waals surface area contributed by atoms with E-state index in [1.54, 1.807) is 24.4 Å². The molecule has 0 N–H and O–H groups in total. The molecule has 6 nitrogen and oxygen atoms in total. The number of benzene rings is 2. The van der Waals surface area contributed by atoms with Crippen LogP contribution in [0.3, 0.4) is 0 Å². The number of hydrogen-bond acceptors (Lipinski definition) is 5. The SMILES string of the molecule is CS(=O)(=O)c1ccc2c(ccn2-c2ccc(OC3CCN(Cc4ccc(C(F)(F)F)cc4)C3)cn2)c1. The first-order valence-corrected chi connectivity index (χ1v) is 13.3. The Morgan fingerprint density at radius 1 is 1.06 bits per heavy atom. The summed E-state index contributed by atoms with van der Waals surface area (Å²) in [4.78, 5) is 6.94. The lowest BCUT2D eigenvalue weighted by atomic mass is 10.1. The van der Waals surface area contributed by atoms with Crippen LogP contribution >= 0.6 is 0 Å². The van der Waals surface area contributed by atoms with Gasteiger partial charge in [-0.2, -0.15) is 13.2 Å². The normalized spacial score (nSPS) is 17.1. The quantitative estimate of drug-likeness (QED) is 0.358. The predicted octanol–water partition coefficient (Wildman–Crippen LogP) is 5.10. The third-order valence-corrected chi connectivity index (χ3v) is 7.39. The van der Waals surface area contributed by atoms with Gasteiger partial charge in [0.1, 0.15) is 17.7 Å². The van der Waals surface area contributed by atoms with Crippen molar-refractivity contribution in [2.75, 3.05) is 19.3 Å². The second kappa shape index (κ2) is 9.25. The summed E-state index contributed by atoms with van der Waals surface area (Å²) in [5.41, 5.74) is 1.03. The molecule has 1 unspecified atom stereocenters. The molecule has 1 aliphatic heterocycles. The van der Waals surface area contributed by atoms with Crippen LogP contribution in [0, 0.1) is 0 Å². The van der Waals surface area contributed by atoms with Crippen LogP contribution in [0.4, 0.5) is 13.2 Å². The van der Waals surface area contributed by atoms with E-state index in [9.17, 15) is 21.6 Å². The van der Waals surface area contributed by atoms with Crippen molar-refractivity contribution in [2.24, 2.45) is 0 Å². The van der Waals surface area contributed by atoms with E-state index in [0.29, 0.717) is 24.7 Å². The standard InChI is InChI=1S/C26H24F3N3O3S/c1-36(33,34)23-7-8-24-19(14-23)10-13-32(24)25-9-6-21(15-30-25)35-22-11-12-31(17-22)16-18-2-4-20(5-3-18)26(27,28)29/h2-10,13-15,22H,11-12,16-17H2,1H3. The van der Waals surface area contributed by atoms with Crippen LogP contribution in [0.5, 0.6) is 5.75 Å². The Hall–Kier alpha value is -3.37. The molecule has 0 spiro atoms. The second-order valence-corrected chi connectivity index (χ2v) is 11.0. The summed E-state index contributed by atoms with van der Waals surface area (Å²) in [7, 11) is -3.28. The number of alkyl halides is 3. The molecule has 2 aromatic heterocycles. The molecule has 0 saturated carbocycles. The Kier molecular flexibility index (Phi) is 6.25. The van der Waals surface area contributed by atoms with Crippen molar-refractivity contribution < 1.29 is 26.3 Å². The average Bonchev–Trinajstić information content (AvgIpc) is 3.45. The largest absolute Gasteiger partial charge is 0.487 e. The smallest absolute Gasteiger partial charge is 0.416 e. The number of nitrogens with zero attached hydrogens (tertiary/aromatic N) is 3. The number of likely N-dealkylation sites (tertiary alicyclic amines) is 1. The van der Waals surface area contributed by atoms with Crippen LogP contribution < -0.4 is 4.74 Å². The van der Waals surface area contributed by atoms with Crippen LogP contribution in [0.15, 0.2) is 78.0 Å². The minimum atomic E-state index is -4.33. The summed E-state index contributed by atoms with van der Waals surface area (Å²) in [5.74, 6) is 1.32. The van der Waals surface area contributed by atoms with Gasteiger partial charge in [0.25, 0.3) is 0 Å². The third-order valence-electron chi connectivity index (χ3n) is 6.28. The molecule has 4 aromatic rings. The highest BCUT2D eigenvalue weighted by Crippen LogP contribution is 2.30. The van der Waals surface area contributed by atoms with Crippen molar-refractivity contribution in [2.45, 2.75) is 30.1 Å². The van der Waals surface area contributed by atoms with Gasteiger partial charge in [0, 0.05) is 37.5 Å². The molecule has 1 saturated heterocycles. The summed E-state index contributed by atoms with van der Waals surface area (Å²) in [6.45, 7) is 2.03. The van der Waals surface area contributed by atoms with Crippen LogP contribution in [-0.4, -0.2) is 48.3 Å². The van der Waals surface area contributed by atoms with Gasteiger partial charge < -0.3 is 9.30 Å². The minimum absolute atomic E-state index is 0.0334. The van der Waals surface area contributed by atoms with Crippen LogP contribution in [0.25, 0.3) is 16.7 Å². The highest BCUT2D eigenvalue weighted by Gasteiger charge is 2.30. The maximum absolute atomic E-state index is 12.8. The van der Waals surface area contributed by atoms with Crippen LogP contribution in [0.1, 0.15) is 17.5 Å². The Bertz CT molecular complexity index is 1480. The number of halogens is 3. The van der Waals surface area contributed by atoms with Gasteiger partial charge in [0.15, 0.2) is 9.84 Å². The fourth-order valence-electron chi connectivity index (χ4n) is 4.42. The average molecular weight is 516 g/mol. The van der Waals surface area contributed by atoms with Crippen LogP contribution in [0.2, 0.25) is 0 Å². The highest BCUT2D eigenvalue weighted by molar-refractivity contribution is 7.90. The zero-order valence-corrected chi connectivity index (χ0v) is 20.3. The number of sulfone groups is 1. The van der Waals surface area contributed by atoms with Crippen molar-refractivity contribution in [3.63, 3.8) is 0 Å². The maximum atomic E-state index is 12.8. The molecule has 36 heavy (non-hydrogen) atoms. The Morgan fingerprint density at radius 3 is 2.50 bits per heavy atom. The molecule has 1 atom stereocenters. The molecule has 3 heterocycles. The van der Waals surface area contributed by atoms with Crippen molar-refractivity contribution >= 4 is 20.7 Å². The number of aromatic nitrogens is 2. The summed E-state index contributed by atoms with van der Waals surface area (Å²) >= 11 is 0. The third kappa shape index (κ3) is 5.24. The van der Waals surface area contributed by atoms with Gasteiger partial charge in [-0.05, 0) is 60.5 Å². The molecule has 10 heteroatoms. The molecule has 5 rings (SSSR count). The monoisotopic (exact) mass is 515 g/mol. The highest BCUT2D eigenvalue weighted by atomic mass is 32.2. The van der Waals surface area contributed by atoms with Crippen molar-refractivity contribution in [1.82, 2.24) is 14.5 Å². The van der Waals surface area contributed by atoms with Gasteiger partial charge in [-0.25, -0.2) is 13.4 Å². The number of hydrogen-bond donors (Lipinski definition) is 0. The molecule has 2 aromatic carbocycles. The summed E-state index contributed by atoms with van der Waals surface area (Å²) in [6, 6.07) is 15.8. The minimum Gasteiger partial charge on any atom is -0.487 e. The molecule has 1 aliphatic rings. The van der Waals surface area contributed by atoms with Gasteiger partial charge in [0.2, 0.25) is 0 Å². The fourth-order valence-corrected chi connectivity index (χ4v) is 5.08. The molecule has 1 fully saturated rings. The zero-order valence-electron chi connectivity index (χ0n) is 19.4. The predicted molar refractivity (Wildman–Crippen MR) is 130 cm³/mol. The van der Waals surface area contributed by atoms with Gasteiger partial charge in [-0.3, -0.25) is 4.90 Å². The summed E-state index contributed by atoms with van der Waals surface area (Å²) in [6.07, 6.45) is 1.14. The van der Waals surface area contributed by atoms with Gasteiger partial charge in [-0.1, -0.05) is 12.1 Å². The van der Waals surface area contributed by atoms with Crippen molar-refractivity contribution in [3.8, 4) is 11.6 Å². The molecule has 0 aliphatic carbocycles. The lowest BCUT2D eigenvalue weighted by Crippen LogP contribution is -2.24. The van der Waals surface area contributed by atoms with E-state index in [2.05, 4.69) is 9.88 Å². The zero-order chi connectivity index (χ0) is 25.5. The van der Waals surface area contributed by atoms with Crippen molar-refractivity contribution in [3.05, 3.63) is 84.2 Å². The van der Waals surface area contributed by atoms with E-state index in [1.165, 1.54) is 18.4 Å². The first-order valence-electron chi connectivity index (χ1n) is 11.4. The first kappa shape index (κ1) is 24.3. The van der Waals surface area contributed by atoms with E-state index < -0.39 is 21.6 Å². The molecule has 0 bridgehead atoms. The van der Waals surface area contributed by atoms with E-state index in [0.717, 1.165) is 41.6 Å². The molecular weight excluding hydrogens is 491 g/mol. The van der Waals surface area contributed by atoms with E-state index >= 15 is 0 Å². The van der Waals surface area contributed by atoms with E-state index in [4.69, 9.17) is 4.74 Å². The first-order chi connectivity index (χ1) is 17.1. The van der Waals surface area contributed by atoms with E-state index in [1.807, 2.05) is 29.0 Å². The second-order valence-electron chi connectivity index (χ2n) is 8.99. The van der Waals surface area contributed by atoms with E-state index in [-0.39, 0.29) is 11.0 Å². The lowest BCUT2D eigenvalue weighted by Gasteiger charge is -2.17. The number of ether oxygens (including phenoxy) is 1. The number of pyridine rings is 1. The Balaban J connectivity index is 1.21. The molecule has 0 radical (unpaired) electrons.